The van der Waals surface area contributed by atoms with Crippen molar-refractivity contribution in [3.8, 4) is 0 Å². The second-order valence-electron chi connectivity index (χ2n) is 6.50. The van der Waals surface area contributed by atoms with E-state index in [4.69, 9.17) is 11.6 Å². The van der Waals surface area contributed by atoms with Crippen molar-refractivity contribution in [3.05, 3.63) is 47.7 Å². The minimum absolute atomic E-state index is 0.327. The third-order valence-corrected chi connectivity index (χ3v) is 6.24. The molecule has 0 saturated carbocycles. The fraction of sp³-hybridized carbons (Fsp3) is 0.263. The van der Waals surface area contributed by atoms with E-state index in [9.17, 15) is 4.79 Å². The molecule has 140 valence electrons. The first-order chi connectivity index (χ1) is 13.1. The molecule has 8 heteroatoms. The van der Waals surface area contributed by atoms with Gasteiger partial charge in [0, 0.05) is 42.5 Å². The number of benzene rings is 1. The summed E-state index contributed by atoms with van der Waals surface area (Å²) < 4.78 is 1.04. The van der Waals surface area contributed by atoms with Gasteiger partial charge in [-0.1, -0.05) is 29.8 Å². The molecule has 27 heavy (non-hydrogen) atoms. The number of nitrogens with zero attached hydrogens (tertiary/aromatic N) is 3. The summed E-state index contributed by atoms with van der Waals surface area (Å²) in [5.74, 6) is 0. The topological polar surface area (TPSA) is 60.5 Å². The summed E-state index contributed by atoms with van der Waals surface area (Å²) in [6, 6.07) is 9.44. The number of fused-ring (bicyclic) bond motifs is 1. The number of thiophene rings is 1. The van der Waals surface area contributed by atoms with Gasteiger partial charge in [0.1, 0.15) is 5.00 Å². The van der Waals surface area contributed by atoms with Gasteiger partial charge in [-0.25, -0.2) is 4.79 Å². The molecule has 1 fully saturated rings. The summed E-state index contributed by atoms with van der Waals surface area (Å²) in [7, 11) is 2.12. The van der Waals surface area contributed by atoms with Crippen molar-refractivity contribution < 1.29 is 4.79 Å². The molecule has 0 atom stereocenters. The van der Waals surface area contributed by atoms with Gasteiger partial charge in [-0.2, -0.15) is 0 Å². The molecule has 2 N–H and O–H groups in total. The number of nitrogens with one attached hydrogen (secondary N) is 2. The van der Waals surface area contributed by atoms with Crippen LogP contribution in [0.1, 0.15) is 0 Å². The molecule has 2 aromatic heterocycles. The summed E-state index contributed by atoms with van der Waals surface area (Å²) in [6.07, 6.45) is 3.43. The highest BCUT2D eigenvalue weighted by Gasteiger charge is 2.19. The summed E-state index contributed by atoms with van der Waals surface area (Å²) >= 11 is 7.87. The van der Waals surface area contributed by atoms with Crippen LogP contribution < -0.4 is 15.5 Å². The molecule has 0 aliphatic carbocycles. The van der Waals surface area contributed by atoms with E-state index in [1.165, 1.54) is 11.3 Å². The molecule has 1 aliphatic heterocycles. The maximum atomic E-state index is 12.6. The molecule has 1 saturated heterocycles. The van der Waals surface area contributed by atoms with Gasteiger partial charge in [-0.15, -0.1) is 11.3 Å². The van der Waals surface area contributed by atoms with Gasteiger partial charge in [0.05, 0.1) is 22.6 Å². The number of rotatable bonds is 3. The summed E-state index contributed by atoms with van der Waals surface area (Å²) in [4.78, 5) is 21.3. The Morgan fingerprint density at radius 3 is 2.70 bits per heavy atom. The molecule has 3 heterocycles. The SMILES string of the molecule is CN1CCN(c2ccncc2NC(=O)Nc2sc3ccccc3c2Cl)CC1. The smallest absolute Gasteiger partial charge is 0.324 e. The lowest BCUT2D eigenvalue weighted by atomic mass is 10.2. The average molecular weight is 402 g/mol. The predicted molar refractivity (Wildman–Crippen MR) is 113 cm³/mol. The van der Waals surface area contributed by atoms with Crippen LogP contribution in [0.15, 0.2) is 42.7 Å². The number of piperazine rings is 1. The number of carbonyl (C=O) groups is 1. The van der Waals surface area contributed by atoms with Crippen molar-refractivity contribution in [1.29, 1.82) is 0 Å². The lowest BCUT2D eigenvalue weighted by molar-refractivity contribution is 0.262. The number of pyridine rings is 1. The van der Waals surface area contributed by atoms with Crippen LogP contribution in [-0.4, -0.2) is 49.1 Å². The second-order valence-corrected chi connectivity index (χ2v) is 7.93. The molecule has 0 bridgehead atoms. The number of anilines is 3. The Morgan fingerprint density at radius 1 is 1.15 bits per heavy atom. The molecular formula is C19H20ClN5OS. The van der Waals surface area contributed by atoms with Crippen molar-refractivity contribution in [1.82, 2.24) is 9.88 Å². The van der Waals surface area contributed by atoms with Crippen LogP contribution in [0.3, 0.4) is 0 Å². The Hall–Kier alpha value is -2.35. The van der Waals surface area contributed by atoms with Gasteiger partial charge in [0.25, 0.3) is 0 Å². The van der Waals surface area contributed by atoms with Gasteiger partial charge in [0.2, 0.25) is 0 Å². The van der Waals surface area contributed by atoms with E-state index in [0.29, 0.717) is 15.7 Å². The highest BCUT2D eigenvalue weighted by Crippen LogP contribution is 2.39. The first-order valence-corrected chi connectivity index (χ1v) is 9.94. The van der Waals surface area contributed by atoms with E-state index in [0.717, 1.165) is 42.0 Å². The Labute approximate surface area is 166 Å². The molecule has 0 unspecified atom stereocenters. The number of hydrogen-bond donors (Lipinski definition) is 2. The first-order valence-electron chi connectivity index (χ1n) is 8.74. The summed E-state index contributed by atoms with van der Waals surface area (Å²) in [5, 5.41) is 7.94. The maximum Gasteiger partial charge on any atom is 0.324 e. The fourth-order valence-electron chi connectivity index (χ4n) is 3.16. The Bertz CT molecular complexity index is 968. The molecule has 4 rings (SSSR count). The zero-order valence-electron chi connectivity index (χ0n) is 14.9. The van der Waals surface area contributed by atoms with Gasteiger partial charge in [-0.3, -0.25) is 10.3 Å². The largest absolute Gasteiger partial charge is 0.367 e. The zero-order chi connectivity index (χ0) is 18.8. The molecule has 0 radical (unpaired) electrons. The number of carbonyl (C=O) groups excluding carboxylic acids is 1. The summed E-state index contributed by atoms with van der Waals surface area (Å²) in [5.41, 5.74) is 1.67. The zero-order valence-corrected chi connectivity index (χ0v) is 16.5. The summed E-state index contributed by atoms with van der Waals surface area (Å²) in [6.45, 7) is 3.81. The molecular weight excluding hydrogens is 382 g/mol. The van der Waals surface area contributed by atoms with E-state index in [2.05, 4.69) is 32.5 Å². The number of halogens is 1. The van der Waals surface area contributed by atoms with Crippen LogP contribution in [0, 0.1) is 0 Å². The highest BCUT2D eigenvalue weighted by molar-refractivity contribution is 7.23. The van der Waals surface area contributed by atoms with Crippen LogP contribution >= 0.6 is 22.9 Å². The quantitative estimate of drug-likeness (QED) is 0.685. The van der Waals surface area contributed by atoms with Gasteiger partial charge >= 0.3 is 6.03 Å². The van der Waals surface area contributed by atoms with Crippen molar-refractivity contribution >= 4 is 55.4 Å². The van der Waals surface area contributed by atoms with E-state index >= 15 is 0 Å². The Morgan fingerprint density at radius 2 is 1.93 bits per heavy atom. The van der Waals surface area contributed by atoms with Crippen molar-refractivity contribution in [2.75, 3.05) is 48.8 Å². The van der Waals surface area contributed by atoms with Crippen LogP contribution in [0.5, 0.6) is 0 Å². The fourth-order valence-corrected chi connectivity index (χ4v) is 4.53. The van der Waals surface area contributed by atoms with Gasteiger partial charge < -0.3 is 15.1 Å². The normalized spacial score (nSPS) is 15.1. The lowest BCUT2D eigenvalue weighted by Gasteiger charge is -2.34. The van der Waals surface area contributed by atoms with E-state index in [1.807, 2.05) is 30.3 Å². The first kappa shape index (κ1) is 18.0. The molecule has 1 aliphatic rings. The van der Waals surface area contributed by atoms with Crippen molar-refractivity contribution in [3.63, 3.8) is 0 Å². The minimum atomic E-state index is -0.327. The second kappa shape index (κ2) is 7.72. The van der Waals surface area contributed by atoms with Crippen LogP contribution in [0.4, 0.5) is 21.2 Å². The van der Waals surface area contributed by atoms with Crippen LogP contribution in [0.2, 0.25) is 5.02 Å². The van der Waals surface area contributed by atoms with Crippen molar-refractivity contribution in [2.45, 2.75) is 0 Å². The maximum absolute atomic E-state index is 12.6. The number of aromatic nitrogens is 1. The average Bonchev–Trinajstić information content (AvgIpc) is 2.99. The Balaban J connectivity index is 1.50. The number of likely N-dealkylation sites (N-methyl/N-ethyl adjacent to an activating group) is 1. The minimum Gasteiger partial charge on any atom is -0.367 e. The molecule has 2 amide bonds. The van der Waals surface area contributed by atoms with E-state index in [-0.39, 0.29) is 6.03 Å². The van der Waals surface area contributed by atoms with Gasteiger partial charge in [-0.05, 0) is 19.2 Å². The van der Waals surface area contributed by atoms with E-state index < -0.39 is 0 Å². The van der Waals surface area contributed by atoms with Crippen LogP contribution in [-0.2, 0) is 0 Å². The highest BCUT2D eigenvalue weighted by atomic mass is 35.5. The Kier molecular flexibility index (Phi) is 5.15. The predicted octanol–water partition coefficient (Wildman–Crippen LogP) is 4.35. The monoisotopic (exact) mass is 401 g/mol. The number of amides is 2. The van der Waals surface area contributed by atoms with Crippen molar-refractivity contribution in [2.24, 2.45) is 0 Å². The number of hydrogen-bond acceptors (Lipinski definition) is 5. The van der Waals surface area contributed by atoms with E-state index in [1.54, 1.807) is 12.4 Å². The standard InChI is InChI=1S/C19H20ClN5OS/c1-24-8-10-25(11-9-24)15-6-7-21-12-14(15)22-19(26)23-18-17(20)13-4-2-3-5-16(13)27-18/h2-7,12H,8-11H2,1H3,(H2,22,23,26). The number of urea groups is 1. The third-order valence-electron chi connectivity index (χ3n) is 4.65. The third kappa shape index (κ3) is 3.85. The van der Waals surface area contributed by atoms with Gasteiger partial charge in [0.15, 0.2) is 0 Å². The van der Waals surface area contributed by atoms with Crippen LogP contribution in [0.25, 0.3) is 10.1 Å². The molecule has 1 aromatic carbocycles. The lowest BCUT2D eigenvalue weighted by Crippen LogP contribution is -2.44. The molecule has 0 spiro atoms. The molecule has 6 nitrogen and oxygen atoms in total. The molecule has 3 aromatic rings.